The molecule has 20 heavy (non-hydrogen) atoms. The van der Waals surface area contributed by atoms with E-state index in [0.29, 0.717) is 18.7 Å². The largest absolute Gasteiger partial charge is 0.408 e. The Bertz CT molecular complexity index is 399. The Morgan fingerprint density at radius 3 is 2.50 bits per heavy atom. The predicted molar refractivity (Wildman–Crippen MR) is 73.5 cm³/mol. The molecule has 112 valence electrons. The SMILES string of the molecule is CCCN(C1CCNC1)C(c1ccccc1)C(F)(F)F. The van der Waals surface area contributed by atoms with E-state index in [4.69, 9.17) is 0 Å². The first-order chi connectivity index (χ1) is 9.54. The lowest BCUT2D eigenvalue weighted by Gasteiger charge is -2.37. The summed E-state index contributed by atoms with van der Waals surface area (Å²) in [6, 6.07) is 6.69. The van der Waals surface area contributed by atoms with Gasteiger partial charge in [-0.15, -0.1) is 0 Å². The number of nitrogens with zero attached hydrogens (tertiary/aromatic N) is 1. The van der Waals surface area contributed by atoms with Crippen LogP contribution in [0, 0.1) is 0 Å². The molecule has 2 nitrogen and oxygen atoms in total. The van der Waals surface area contributed by atoms with E-state index in [1.165, 1.54) is 0 Å². The van der Waals surface area contributed by atoms with Gasteiger partial charge in [-0.1, -0.05) is 37.3 Å². The molecule has 0 bridgehead atoms. The summed E-state index contributed by atoms with van der Waals surface area (Å²) in [5, 5.41) is 3.16. The summed E-state index contributed by atoms with van der Waals surface area (Å²) >= 11 is 0. The van der Waals surface area contributed by atoms with Crippen molar-refractivity contribution in [2.24, 2.45) is 0 Å². The molecule has 1 fully saturated rings. The Kier molecular flexibility index (Phi) is 5.05. The number of nitrogens with one attached hydrogen (secondary N) is 1. The maximum absolute atomic E-state index is 13.6. The van der Waals surface area contributed by atoms with Crippen LogP contribution in [0.15, 0.2) is 30.3 Å². The second-order valence-corrected chi connectivity index (χ2v) is 5.24. The van der Waals surface area contributed by atoms with Gasteiger partial charge in [-0.05, 0) is 31.5 Å². The molecular weight excluding hydrogens is 265 g/mol. The Balaban J connectivity index is 2.32. The zero-order valence-electron chi connectivity index (χ0n) is 11.7. The van der Waals surface area contributed by atoms with Crippen LogP contribution >= 0.6 is 0 Å². The van der Waals surface area contributed by atoms with Crippen LogP contribution in [0.3, 0.4) is 0 Å². The van der Waals surface area contributed by atoms with E-state index < -0.39 is 12.2 Å². The van der Waals surface area contributed by atoms with Crippen LogP contribution in [0.1, 0.15) is 31.4 Å². The Morgan fingerprint density at radius 1 is 1.30 bits per heavy atom. The van der Waals surface area contributed by atoms with Gasteiger partial charge in [0.05, 0.1) is 0 Å². The standard InChI is InChI=1S/C15H21F3N2/c1-2-10-20(13-8-9-19-11-13)14(15(16,17)18)12-6-4-3-5-7-12/h3-7,13-14,19H,2,8-11H2,1H3. The van der Waals surface area contributed by atoms with Gasteiger partial charge < -0.3 is 5.32 Å². The van der Waals surface area contributed by atoms with Crippen molar-refractivity contribution in [3.63, 3.8) is 0 Å². The lowest BCUT2D eigenvalue weighted by atomic mass is 10.0. The van der Waals surface area contributed by atoms with E-state index in [1.807, 2.05) is 6.92 Å². The quantitative estimate of drug-likeness (QED) is 0.893. The summed E-state index contributed by atoms with van der Waals surface area (Å²) < 4.78 is 40.7. The molecule has 5 heteroatoms. The Morgan fingerprint density at radius 2 is 2.00 bits per heavy atom. The number of hydrogen-bond acceptors (Lipinski definition) is 2. The molecular formula is C15H21F3N2. The highest BCUT2D eigenvalue weighted by molar-refractivity contribution is 5.21. The predicted octanol–water partition coefficient (Wildman–Crippen LogP) is 3.36. The first kappa shape index (κ1) is 15.3. The minimum atomic E-state index is -4.25. The summed E-state index contributed by atoms with van der Waals surface area (Å²) in [4.78, 5) is 1.62. The third-order valence-corrected chi connectivity index (χ3v) is 3.74. The number of benzene rings is 1. The highest BCUT2D eigenvalue weighted by Crippen LogP contribution is 2.39. The van der Waals surface area contributed by atoms with E-state index in [1.54, 1.807) is 35.2 Å². The van der Waals surface area contributed by atoms with Gasteiger partial charge in [0.2, 0.25) is 0 Å². The average Bonchev–Trinajstić information content (AvgIpc) is 2.91. The van der Waals surface area contributed by atoms with Gasteiger partial charge in [-0.3, -0.25) is 4.90 Å². The molecule has 2 rings (SSSR count). The van der Waals surface area contributed by atoms with Gasteiger partial charge in [0.25, 0.3) is 0 Å². The summed E-state index contributed by atoms with van der Waals surface area (Å²) in [5.74, 6) is 0. The topological polar surface area (TPSA) is 15.3 Å². The Hall–Kier alpha value is -1.07. The molecule has 1 aromatic carbocycles. The Labute approximate surface area is 118 Å². The fraction of sp³-hybridized carbons (Fsp3) is 0.600. The van der Waals surface area contributed by atoms with Crippen molar-refractivity contribution in [3.8, 4) is 0 Å². The molecule has 0 aromatic heterocycles. The van der Waals surface area contributed by atoms with Gasteiger partial charge in [0.15, 0.2) is 0 Å². The van der Waals surface area contributed by atoms with Crippen LogP contribution in [0.25, 0.3) is 0 Å². The van der Waals surface area contributed by atoms with Crippen molar-refractivity contribution in [3.05, 3.63) is 35.9 Å². The molecule has 1 heterocycles. The average molecular weight is 286 g/mol. The first-order valence-electron chi connectivity index (χ1n) is 7.12. The zero-order chi connectivity index (χ0) is 14.6. The van der Waals surface area contributed by atoms with E-state index in [-0.39, 0.29) is 6.04 Å². The molecule has 0 aliphatic carbocycles. The third-order valence-electron chi connectivity index (χ3n) is 3.74. The van der Waals surface area contributed by atoms with Crippen molar-refractivity contribution < 1.29 is 13.2 Å². The summed E-state index contributed by atoms with van der Waals surface area (Å²) in [5.41, 5.74) is 0.334. The van der Waals surface area contributed by atoms with E-state index >= 15 is 0 Å². The summed E-state index contributed by atoms with van der Waals surface area (Å²) in [7, 11) is 0. The highest BCUT2D eigenvalue weighted by Gasteiger charge is 2.46. The van der Waals surface area contributed by atoms with Crippen molar-refractivity contribution in [1.29, 1.82) is 0 Å². The fourth-order valence-corrected chi connectivity index (χ4v) is 2.91. The molecule has 2 unspecified atom stereocenters. The summed E-state index contributed by atoms with van der Waals surface area (Å²) in [6.45, 7) is 3.82. The monoisotopic (exact) mass is 286 g/mol. The molecule has 0 radical (unpaired) electrons. The van der Waals surface area contributed by atoms with Crippen LogP contribution in [0.2, 0.25) is 0 Å². The molecule has 0 spiro atoms. The first-order valence-corrected chi connectivity index (χ1v) is 7.12. The van der Waals surface area contributed by atoms with Crippen LogP contribution in [-0.4, -0.2) is 36.8 Å². The lowest BCUT2D eigenvalue weighted by Crippen LogP contribution is -2.46. The van der Waals surface area contributed by atoms with Crippen molar-refractivity contribution in [2.75, 3.05) is 19.6 Å². The number of alkyl halides is 3. The second-order valence-electron chi connectivity index (χ2n) is 5.24. The highest BCUT2D eigenvalue weighted by atomic mass is 19.4. The van der Waals surface area contributed by atoms with Gasteiger partial charge in [0, 0.05) is 12.6 Å². The summed E-state index contributed by atoms with van der Waals surface area (Å²) in [6.07, 6.45) is -2.76. The number of hydrogen-bond donors (Lipinski definition) is 1. The molecule has 1 saturated heterocycles. The second kappa shape index (κ2) is 6.59. The minimum Gasteiger partial charge on any atom is -0.315 e. The van der Waals surface area contributed by atoms with Gasteiger partial charge in [0.1, 0.15) is 6.04 Å². The molecule has 1 aliphatic rings. The van der Waals surface area contributed by atoms with Crippen molar-refractivity contribution in [2.45, 2.75) is 38.0 Å². The van der Waals surface area contributed by atoms with Gasteiger partial charge >= 0.3 is 6.18 Å². The van der Waals surface area contributed by atoms with E-state index in [9.17, 15) is 13.2 Å². The maximum Gasteiger partial charge on any atom is 0.408 e. The molecule has 0 amide bonds. The zero-order valence-corrected chi connectivity index (χ0v) is 11.7. The van der Waals surface area contributed by atoms with Crippen molar-refractivity contribution in [1.82, 2.24) is 10.2 Å². The maximum atomic E-state index is 13.6. The van der Waals surface area contributed by atoms with E-state index in [0.717, 1.165) is 19.4 Å². The van der Waals surface area contributed by atoms with Crippen LogP contribution < -0.4 is 5.32 Å². The van der Waals surface area contributed by atoms with E-state index in [2.05, 4.69) is 5.32 Å². The van der Waals surface area contributed by atoms with Crippen LogP contribution in [0.5, 0.6) is 0 Å². The normalized spacial score (nSPS) is 21.4. The number of rotatable bonds is 5. The minimum absolute atomic E-state index is 0.0400. The smallest absolute Gasteiger partial charge is 0.315 e. The molecule has 1 N–H and O–H groups in total. The molecule has 0 saturated carbocycles. The van der Waals surface area contributed by atoms with Crippen LogP contribution in [0.4, 0.5) is 13.2 Å². The molecule has 1 aromatic rings. The van der Waals surface area contributed by atoms with Gasteiger partial charge in [-0.2, -0.15) is 13.2 Å². The number of halogens is 3. The van der Waals surface area contributed by atoms with Crippen molar-refractivity contribution >= 4 is 0 Å². The third kappa shape index (κ3) is 3.52. The molecule has 2 atom stereocenters. The van der Waals surface area contributed by atoms with Gasteiger partial charge in [-0.25, -0.2) is 0 Å². The van der Waals surface area contributed by atoms with Crippen LogP contribution in [-0.2, 0) is 0 Å². The fourth-order valence-electron chi connectivity index (χ4n) is 2.91. The lowest BCUT2D eigenvalue weighted by molar-refractivity contribution is -0.192. The molecule has 1 aliphatic heterocycles.